The third kappa shape index (κ3) is 4.09. The molecule has 0 aliphatic heterocycles. The van der Waals surface area contributed by atoms with Crippen molar-refractivity contribution in [3.63, 3.8) is 0 Å². The fraction of sp³-hybridized carbons (Fsp3) is 0.176. The molecule has 0 unspecified atom stereocenters. The van der Waals surface area contributed by atoms with E-state index in [0.29, 0.717) is 11.3 Å². The van der Waals surface area contributed by atoms with Crippen molar-refractivity contribution in [2.75, 3.05) is 7.11 Å². The number of carbonyl (C=O) groups is 2. The number of hydrogen-bond donors (Lipinski definition) is 2. The molecule has 114 valence electrons. The number of nitrogens with one attached hydrogen (secondary N) is 1. The molecule has 2 aromatic rings. The average molecular weight is 299 g/mol. The molecule has 0 aliphatic rings. The predicted octanol–water partition coefficient (Wildman–Crippen LogP) is 2.12. The summed E-state index contributed by atoms with van der Waals surface area (Å²) in [6.07, 6.45) is 0.228. The molecule has 0 spiro atoms. The fourth-order valence-corrected chi connectivity index (χ4v) is 2.06. The Balaban J connectivity index is 2.10. The van der Waals surface area contributed by atoms with Gasteiger partial charge in [0, 0.05) is 12.0 Å². The number of benzene rings is 2. The summed E-state index contributed by atoms with van der Waals surface area (Å²) in [5, 5.41) is 11.8. The normalized spacial score (nSPS) is 11.5. The van der Waals surface area contributed by atoms with Crippen LogP contribution in [0.4, 0.5) is 0 Å². The molecule has 0 fully saturated rings. The van der Waals surface area contributed by atoms with Crippen LogP contribution < -0.4 is 10.1 Å². The number of hydrogen-bond acceptors (Lipinski definition) is 3. The Kier molecular flexibility index (Phi) is 5.14. The van der Waals surface area contributed by atoms with Crippen molar-refractivity contribution in [1.29, 1.82) is 0 Å². The van der Waals surface area contributed by atoms with Crippen molar-refractivity contribution < 1.29 is 19.4 Å². The minimum Gasteiger partial charge on any atom is -0.497 e. The molecule has 22 heavy (non-hydrogen) atoms. The molecule has 0 heterocycles. The maximum Gasteiger partial charge on any atom is 0.326 e. The average Bonchev–Trinajstić information content (AvgIpc) is 2.55. The van der Waals surface area contributed by atoms with Gasteiger partial charge >= 0.3 is 5.97 Å². The molecule has 2 rings (SSSR count). The molecule has 1 atom stereocenters. The highest BCUT2D eigenvalue weighted by molar-refractivity contribution is 5.96. The highest BCUT2D eigenvalue weighted by Crippen LogP contribution is 2.13. The molecule has 0 aromatic heterocycles. The van der Waals surface area contributed by atoms with Crippen molar-refractivity contribution in [2.24, 2.45) is 0 Å². The molecule has 1 amide bonds. The van der Waals surface area contributed by atoms with Crippen LogP contribution in [0, 0.1) is 0 Å². The van der Waals surface area contributed by atoms with Gasteiger partial charge in [-0.05, 0) is 23.8 Å². The first kappa shape index (κ1) is 15.6. The Bertz CT molecular complexity index is 655. The molecule has 0 aliphatic carbocycles. The van der Waals surface area contributed by atoms with Gasteiger partial charge in [-0.2, -0.15) is 0 Å². The van der Waals surface area contributed by atoms with Gasteiger partial charge in [-0.15, -0.1) is 0 Å². The lowest BCUT2D eigenvalue weighted by molar-refractivity contribution is -0.139. The lowest BCUT2D eigenvalue weighted by Crippen LogP contribution is -2.42. The Morgan fingerprint density at radius 3 is 2.50 bits per heavy atom. The van der Waals surface area contributed by atoms with E-state index in [-0.39, 0.29) is 6.42 Å². The van der Waals surface area contributed by atoms with E-state index in [1.165, 1.54) is 7.11 Å². The number of aliphatic carboxylic acids is 1. The van der Waals surface area contributed by atoms with E-state index in [1.54, 1.807) is 24.3 Å². The zero-order valence-electron chi connectivity index (χ0n) is 12.2. The van der Waals surface area contributed by atoms with E-state index in [1.807, 2.05) is 30.3 Å². The summed E-state index contributed by atoms with van der Waals surface area (Å²) < 4.78 is 5.06. The maximum absolute atomic E-state index is 12.2. The molecule has 2 aromatic carbocycles. The quantitative estimate of drug-likeness (QED) is 0.856. The largest absolute Gasteiger partial charge is 0.497 e. The molecule has 5 heteroatoms. The molecule has 0 radical (unpaired) electrons. The maximum atomic E-state index is 12.2. The second-order valence-electron chi connectivity index (χ2n) is 4.79. The Morgan fingerprint density at radius 2 is 1.86 bits per heavy atom. The minimum absolute atomic E-state index is 0.228. The molecule has 0 saturated carbocycles. The van der Waals surface area contributed by atoms with Gasteiger partial charge in [-0.25, -0.2) is 4.79 Å². The highest BCUT2D eigenvalue weighted by atomic mass is 16.5. The number of carbonyl (C=O) groups excluding carboxylic acids is 1. The van der Waals surface area contributed by atoms with Crippen LogP contribution in [0.25, 0.3) is 0 Å². The summed E-state index contributed by atoms with van der Waals surface area (Å²) in [6, 6.07) is 14.8. The van der Waals surface area contributed by atoms with Gasteiger partial charge in [0.25, 0.3) is 5.91 Å². The van der Waals surface area contributed by atoms with Crippen LogP contribution in [0.15, 0.2) is 54.6 Å². The van der Waals surface area contributed by atoms with Gasteiger partial charge in [0.15, 0.2) is 0 Å². The first-order valence-electron chi connectivity index (χ1n) is 6.82. The van der Waals surface area contributed by atoms with Gasteiger partial charge < -0.3 is 15.2 Å². The van der Waals surface area contributed by atoms with Crippen LogP contribution in [0.2, 0.25) is 0 Å². The zero-order valence-corrected chi connectivity index (χ0v) is 12.2. The van der Waals surface area contributed by atoms with Gasteiger partial charge in [0.05, 0.1) is 7.11 Å². The smallest absolute Gasteiger partial charge is 0.326 e. The summed E-state index contributed by atoms with van der Waals surface area (Å²) in [5.41, 5.74) is 1.21. The van der Waals surface area contributed by atoms with Crippen molar-refractivity contribution in [3.05, 3.63) is 65.7 Å². The number of carboxylic acids is 1. The van der Waals surface area contributed by atoms with Gasteiger partial charge in [-0.1, -0.05) is 36.4 Å². The topological polar surface area (TPSA) is 75.6 Å². The van der Waals surface area contributed by atoms with Gasteiger partial charge in [0.1, 0.15) is 11.8 Å². The van der Waals surface area contributed by atoms with E-state index < -0.39 is 17.9 Å². The summed E-state index contributed by atoms with van der Waals surface area (Å²) >= 11 is 0. The summed E-state index contributed by atoms with van der Waals surface area (Å²) in [4.78, 5) is 23.5. The number of amides is 1. The number of methoxy groups -OCH3 is 1. The molecule has 0 saturated heterocycles. The van der Waals surface area contributed by atoms with Gasteiger partial charge in [-0.3, -0.25) is 4.79 Å². The number of rotatable bonds is 6. The summed E-state index contributed by atoms with van der Waals surface area (Å²) in [7, 11) is 1.51. The number of ether oxygens (including phenoxy) is 1. The van der Waals surface area contributed by atoms with Crippen LogP contribution in [0.5, 0.6) is 5.75 Å². The van der Waals surface area contributed by atoms with E-state index in [4.69, 9.17) is 4.74 Å². The molecule has 0 bridgehead atoms. The zero-order chi connectivity index (χ0) is 15.9. The SMILES string of the molecule is COc1cccc(C(=O)N[C@H](Cc2ccccc2)C(=O)O)c1. The fourth-order valence-electron chi connectivity index (χ4n) is 2.06. The Labute approximate surface area is 128 Å². The lowest BCUT2D eigenvalue weighted by Gasteiger charge is -2.15. The van der Waals surface area contributed by atoms with Crippen molar-refractivity contribution >= 4 is 11.9 Å². The minimum atomic E-state index is -1.07. The van der Waals surface area contributed by atoms with E-state index in [2.05, 4.69) is 5.32 Å². The Hall–Kier alpha value is -2.82. The van der Waals surface area contributed by atoms with Crippen molar-refractivity contribution in [2.45, 2.75) is 12.5 Å². The van der Waals surface area contributed by atoms with Gasteiger partial charge in [0.2, 0.25) is 0 Å². The summed E-state index contributed by atoms with van der Waals surface area (Å²) in [6.45, 7) is 0. The van der Waals surface area contributed by atoms with Crippen LogP contribution >= 0.6 is 0 Å². The second kappa shape index (κ2) is 7.26. The molecule has 5 nitrogen and oxygen atoms in total. The van der Waals surface area contributed by atoms with E-state index in [9.17, 15) is 14.7 Å². The first-order valence-corrected chi connectivity index (χ1v) is 6.82. The third-order valence-corrected chi connectivity index (χ3v) is 3.22. The molecule has 2 N–H and O–H groups in total. The predicted molar refractivity (Wildman–Crippen MR) is 82.0 cm³/mol. The van der Waals surface area contributed by atoms with E-state index in [0.717, 1.165) is 5.56 Å². The van der Waals surface area contributed by atoms with E-state index >= 15 is 0 Å². The monoisotopic (exact) mass is 299 g/mol. The highest BCUT2D eigenvalue weighted by Gasteiger charge is 2.21. The third-order valence-electron chi connectivity index (χ3n) is 3.22. The van der Waals surface area contributed by atoms with Crippen molar-refractivity contribution in [1.82, 2.24) is 5.32 Å². The lowest BCUT2D eigenvalue weighted by atomic mass is 10.1. The van der Waals surface area contributed by atoms with Crippen molar-refractivity contribution in [3.8, 4) is 5.75 Å². The first-order chi connectivity index (χ1) is 10.6. The van der Waals surface area contributed by atoms with Crippen LogP contribution in [0.1, 0.15) is 15.9 Å². The van der Waals surface area contributed by atoms with Crippen LogP contribution in [0.3, 0.4) is 0 Å². The van der Waals surface area contributed by atoms with Crippen LogP contribution in [-0.4, -0.2) is 30.1 Å². The number of carboxylic acid groups (broad SMARTS) is 1. The summed E-state index contributed by atoms with van der Waals surface area (Å²) in [5.74, 6) is -0.968. The second-order valence-corrected chi connectivity index (χ2v) is 4.79. The standard InChI is InChI=1S/C17H17NO4/c1-22-14-9-5-8-13(11-14)16(19)18-15(17(20)21)10-12-6-3-2-4-7-12/h2-9,11,15H,10H2,1H3,(H,18,19)(H,20,21)/t15-/m1/s1. The molecular weight excluding hydrogens is 282 g/mol. The van der Waals surface area contributed by atoms with Crippen LogP contribution in [-0.2, 0) is 11.2 Å². The Morgan fingerprint density at radius 1 is 1.14 bits per heavy atom. The molecular formula is C17H17NO4.